The molecule has 0 unspecified atom stereocenters. The first-order valence-electron chi connectivity index (χ1n) is 6.14. The number of hydrogen-bond acceptors (Lipinski definition) is 2. The molecule has 0 atom stereocenters. The standard InChI is InChI=1S/C13H22O2Si/c1-4-9-12-10-7-8-11-13(12)16(14-5-2)15-6-3/h7-8,10-11,16H,4-6,9H2,1-3H3. The van der Waals surface area contributed by atoms with Crippen LogP contribution in [0.1, 0.15) is 32.8 Å². The maximum atomic E-state index is 5.77. The Morgan fingerprint density at radius 2 is 1.62 bits per heavy atom. The molecule has 0 N–H and O–H groups in total. The van der Waals surface area contributed by atoms with Crippen molar-refractivity contribution < 1.29 is 8.85 Å². The van der Waals surface area contributed by atoms with Gasteiger partial charge in [0.05, 0.1) is 0 Å². The molecule has 90 valence electrons. The van der Waals surface area contributed by atoms with E-state index in [9.17, 15) is 0 Å². The fourth-order valence-electron chi connectivity index (χ4n) is 1.79. The largest absolute Gasteiger partial charge is 0.394 e. The minimum absolute atomic E-state index is 0.733. The Morgan fingerprint density at radius 1 is 1.00 bits per heavy atom. The zero-order valence-electron chi connectivity index (χ0n) is 10.5. The topological polar surface area (TPSA) is 18.5 Å². The van der Waals surface area contributed by atoms with E-state index in [1.807, 2.05) is 13.8 Å². The maximum absolute atomic E-state index is 5.77. The van der Waals surface area contributed by atoms with Crippen molar-refractivity contribution >= 4 is 14.5 Å². The van der Waals surface area contributed by atoms with E-state index < -0.39 is 9.28 Å². The van der Waals surface area contributed by atoms with Crippen LogP contribution in [0.4, 0.5) is 0 Å². The molecular weight excluding hydrogens is 216 g/mol. The SMILES string of the molecule is CCCc1ccccc1[SiH](OCC)OCC. The molecule has 3 heteroatoms. The lowest BCUT2D eigenvalue weighted by atomic mass is 10.1. The van der Waals surface area contributed by atoms with E-state index in [1.165, 1.54) is 10.8 Å². The van der Waals surface area contributed by atoms with Crippen molar-refractivity contribution in [3.8, 4) is 0 Å². The van der Waals surface area contributed by atoms with E-state index in [-0.39, 0.29) is 0 Å². The molecule has 0 aromatic heterocycles. The van der Waals surface area contributed by atoms with Crippen LogP contribution in [0.3, 0.4) is 0 Å². The van der Waals surface area contributed by atoms with Gasteiger partial charge in [-0.3, -0.25) is 0 Å². The fraction of sp³-hybridized carbons (Fsp3) is 0.538. The van der Waals surface area contributed by atoms with Crippen molar-refractivity contribution in [2.45, 2.75) is 33.6 Å². The van der Waals surface area contributed by atoms with Gasteiger partial charge in [-0.15, -0.1) is 0 Å². The van der Waals surface area contributed by atoms with E-state index in [1.54, 1.807) is 0 Å². The molecule has 2 nitrogen and oxygen atoms in total. The Hall–Kier alpha value is -0.643. The molecule has 16 heavy (non-hydrogen) atoms. The fourth-order valence-corrected chi connectivity index (χ4v) is 3.66. The Balaban J connectivity index is 2.87. The third-order valence-corrected chi connectivity index (χ3v) is 4.81. The zero-order chi connectivity index (χ0) is 11.8. The van der Waals surface area contributed by atoms with Crippen LogP contribution in [0.5, 0.6) is 0 Å². The molecule has 1 rings (SSSR count). The normalized spacial score (nSPS) is 11.0. The van der Waals surface area contributed by atoms with Gasteiger partial charge in [-0.05, 0) is 31.0 Å². The van der Waals surface area contributed by atoms with Crippen LogP contribution in [0.25, 0.3) is 0 Å². The lowest BCUT2D eigenvalue weighted by molar-refractivity contribution is 0.225. The summed E-state index contributed by atoms with van der Waals surface area (Å²) in [5.74, 6) is 0. The van der Waals surface area contributed by atoms with Gasteiger partial charge in [0.15, 0.2) is 0 Å². The Bertz CT molecular complexity index is 296. The van der Waals surface area contributed by atoms with E-state index in [4.69, 9.17) is 8.85 Å². The highest BCUT2D eigenvalue weighted by atomic mass is 28.3. The van der Waals surface area contributed by atoms with Gasteiger partial charge in [0.1, 0.15) is 0 Å². The number of rotatable bonds is 7. The van der Waals surface area contributed by atoms with Gasteiger partial charge in [-0.2, -0.15) is 0 Å². The molecule has 0 spiro atoms. The minimum Gasteiger partial charge on any atom is -0.394 e. The highest BCUT2D eigenvalue weighted by Gasteiger charge is 2.18. The summed E-state index contributed by atoms with van der Waals surface area (Å²) >= 11 is 0. The van der Waals surface area contributed by atoms with Crippen LogP contribution in [0.2, 0.25) is 0 Å². The van der Waals surface area contributed by atoms with Gasteiger partial charge in [0.2, 0.25) is 0 Å². The highest BCUT2D eigenvalue weighted by molar-refractivity contribution is 6.61. The zero-order valence-corrected chi connectivity index (χ0v) is 11.7. The van der Waals surface area contributed by atoms with Crippen LogP contribution < -0.4 is 5.19 Å². The molecule has 0 aliphatic heterocycles. The first kappa shape index (κ1) is 13.4. The number of benzene rings is 1. The predicted molar refractivity (Wildman–Crippen MR) is 70.5 cm³/mol. The Morgan fingerprint density at radius 3 is 2.19 bits per heavy atom. The third-order valence-electron chi connectivity index (χ3n) is 2.46. The molecule has 0 heterocycles. The lowest BCUT2D eigenvalue weighted by Crippen LogP contribution is -2.39. The van der Waals surface area contributed by atoms with Gasteiger partial charge in [0.25, 0.3) is 0 Å². The van der Waals surface area contributed by atoms with E-state index >= 15 is 0 Å². The molecule has 1 aromatic rings. The summed E-state index contributed by atoms with van der Waals surface area (Å²) in [7, 11) is -1.66. The summed E-state index contributed by atoms with van der Waals surface area (Å²) in [6, 6.07) is 8.52. The molecule has 1 aromatic carbocycles. The molecule has 0 saturated heterocycles. The van der Waals surface area contributed by atoms with E-state index in [2.05, 4.69) is 31.2 Å². The molecule has 0 bridgehead atoms. The second kappa shape index (κ2) is 7.60. The molecular formula is C13H22O2Si. The molecule has 0 aliphatic rings. The van der Waals surface area contributed by atoms with Crippen LogP contribution in [0.15, 0.2) is 24.3 Å². The molecule has 0 fully saturated rings. The van der Waals surface area contributed by atoms with E-state index in [0.29, 0.717) is 0 Å². The maximum Gasteiger partial charge on any atom is 0.356 e. The number of aryl methyl sites for hydroxylation is 1. The van der Waals surface area contributed by atoms with Crippen LogP contribution in [-0.2, 0) is 15.3 Å². The van der Waals surface area contributed by atoms with E-state index in [0.717, 1.165) is 26.1 Å². The lowest BCUT2D eigenvalue weighted by Gasteiger charge is -2.18. The second-order valence-corrected chi connectivity index (χ2v) is 5.64. The second-order valence-electron chi connectivity index (χ2n) is 3.69. The van der Waals surface area contributed by atoms with Crippen molar-refractivity contribution in [3.05, 3.63) is 29.8 Å². The molecule has 0 aliphatic carbocycles. The first-order valence-corrected chi connectivity index (χ1v) is 7.66. The van der Waals surface area contributed by atoms with Crippen molar-refractivity contribution in [2.75, 3.05) is 13.2 Å². The van der Waals surface area contributed by atoms with Gasteiger partial charge < -0.3 is 8.85 Å². The van der Waals surface area contributed by atoms with Gasteiger partial charge in [-0.25, -0.2) is 0 Å². The average molecular weight is 238 g/mol. The predicted octanol–water partition coefficient (Wildman–Crippen LogP) is 2.14. The minimum atomic E-state index is -1.66. The molecule has 0 radical (unpaired) electrons. The first-order chi connectivity index (χ1) is 7.83. The Labute approximate surface area is 100 Å². The van der Waals surface area contributed by atoms with Gasteiger partial charge >= 0.3 is 9.28 Å². The molecule has 0 amide bonds. The summed E-state index contributed by atoms with van der Waals surface area (Å²) in [5.41, 5.74) is 1.39. The summed E-state index contributed by atoms with van der Waals surface area (Å²) in [5, 5.41) is 1.31. The van der Waals surface area contributed by atoms with Gasteiger partial charge in [0, 0.05) is 13.2 Å². The van der Waals surface area contributed by atoms with Crippen LogP contribution in [-0.4, -0.2) is 22.5 Å². The average Bonchev–Trinajstić information content (AvgIpc) is 2.30. The third kappa shape index (κ3) is 3.74. The highest BCUT2D eigenvalue weighted by Crippen LogP contribution is 2.04. The van der Waals surface area contributed by atoms with Gasteiger partial charge in [-0.1, -0.05) is 37.6 Å². The van der Waals surface area contributed by atoms with Crippen LogP contribution in [0, 0.1) is 0 Å². The summed E-state index contributed by atoms with van der Waals surface area (Å²) in [6.45, 7) is 7.73. The van der Waals surface area contributed by atoms with Crippen molar-refractivity contribution in [1.29, 1.82) is 0 Å². The summed E-state index contributed by atoms with van der Waals surface area (Å²) < 4.78 is 11.5. The van der Waals surface area contributed by atoms with Crippen molar-refractivity contribution in [2.24, 2.45) is 0 Å². The summed E-state index contributed by atoms with van der Waals surface area (Å²) in [6.07, 6.45) is 2.27. The Kier molecular flexibility index (Phi) is 6.38. The molecule has 0 saturated carbocycles. The van der Waals surface area contributed by atoms with Crippen molar-refractivity contribution in [1.82, 2.24) is 0 Å². The monoisotopic (exact) mass is 238 g/mol. The smallest absolute Gasteiger partial charge is 0.356 e. The van der Waals surface area contributed by atoms with Crippen molar-refractivity contribution in [3.63, 3.8) is 0 Å². The van der Waals surface area contributed by atoms with Crippen LogP contribution >= 0.6 is 0 Å². The quantitative estimate of drug-likeness (QED) is 0.678. The summed E-state index contributed by atoms with van der Waals surface area (Å²) in [4.78, 5) is 0. The number of hydrogen-bond donors (Lipinski definition) is 0.